The lowest BCUT2D eigenvalue weighted by molar-refractivity contribution is -0.144. The summed E-state index contributed by atoms with van der Waals surface area (Å²) in [6.45, 7) is 8.16. The number of aliphatic carboxylic acids is 1. The number of carbonyl (C=O) groups excluding carboxylic acids is 6. The summed E-state index contributed by atoms with van der Waals surface area (Å²) in [5.74, 6) is -6.08. The van der Waals surface area contributed by atoms with Crippen molar-refractivity contribution < 1.29 is 43.8 Å². The van der Waals surface area contributed by atoms with Crippen molar-refractivity contribution in [1.82, 2.24) is 26.2 Å². The highest BCUT2D eigenvalue weighted by atomic mass is 16.4. The van der Waals surface area contributed by atoms with Crippen LogP contribution in [-0.4, -0.2) is 106 Å². The highest BCUT2D eigenvalue weighted by Gasteiger charge is 2.39. The van der Waals surface area contributed by atoms with Crippen molar-refractivity contribution in [2.24, 2.45) is 23.3 Å². The number of amides is 6. The van der Waals surface area contributed by atoms with Gasteiger partial charge < -0.3 is 47.8 Å². The summed E-state index contributed by atoms with van der Waals surface area (Å²) >= 11 is 0. The standard InChI is InChI=1S/C27H47N7O9/c1-6-14(4)21(29)25(40)32-17(10-13(2)3)26(41)34-9-7-8-18(34)24(39)31-16(11-19(28)36)23(38)30-12-20(37)33-22(15(5)35)27(42)43/h13-18,21-22,35H,6-12,29H2,1-5H3,(H2,28,36)(H,30,38)(H,31,39)(H,32,40)(H,33,37)(H,42,43)/t14-,15+,16-,17-,18-,21-,22-/m0/s1. The molecule has 0 aliphatic carbocycles. The molecule has 0 aromatic heterocycles. The zero-order valence-electron chi connectivity index (χ0n) is 25.4. The molecule has 1 fully saturated rings. The van der Waals surface area contributed by atoms with E-state index in [-0.39, 0.29) is 24.8 Å². The number of carbonyl (C=O) groups is 7. The predicted molar refractivity (Wildman–Crippen MR) is 154 cm³/mol. The third-order valence-electron chi connectivity index (χ3n) is 7.25. The van der Waals surface area contributed by atoms with E-state index in [4.69, 9.17) is 16.6 Å². The molecule has 0 aromatic rings. The van der Waals surface area contributed by atoms with Crippen molar-refractivity contribution >= 4 is 41.4 Å². The molecule has 0 bridgehead atoms. The maximum atomic E-state index is 13.6. The number of aliphatic hydroxyl groups excluding tert-OH is 1. The van der Waals surface area contributed by atoms with Gasteiger partial charge in [0, 0.05) is 6.54 Å². The Morgan fingerprint density at radius 3 is 2.09 bits per heavy atom. The van der Waals surface area contributed by atoms with Crippen LogP contribution in [0.1, 0.15) is 66.7 Å². The first-order chi connectivity index (χ1) is 20.0. The number of carboxylic acid groups (broad SMARTS) is 1. The molecule has 0 saturated carbocycles. The van der Waals surface area contributed by atoms with Crippen molar-refractivity contribution in [3.8, 4) is 0 Å². The molecule has 43 heavy (non-hydrogen) atoms. The van der Waals surface area contributed by atoms with Crippen molar-refractivity contribution in [3.63, 3.8) is 0 Å². The number of nitrogens with zero attached hydrogens (tertiary/aromatic N) is 1. The van der Waals surface area contributed by atoms with Crippen LogP contribution in [0, 0.1) is 11.8 Å². The van der Waals surface area contributed by atoms with Gasteiger partial charge in [-0.25, -0.2) is 4.79 Å². The number of aliphatic hydroxyl groups is 1. The van der Waals surface area contributed by atoms with E-state index >= 15 is 0 Å². The SMILES string of the molecule is CC[C@H](C)[C@H](N)C(=O)N[C@@H](CC(C)C)C(=O)N1CCC[C@H]1C(=O)N[C@@H](CC(N)=O)C(=O)NCC(=O)N[C@H](C(=O)O)[C@@H](C)O. The Balaban J connectivity index is 2.99. The molecule has 244 valence electrons. The maximum Gasteiger partial charge on any atom is 0.328 e. The van der Waals surface area contributed by atoms with E-state index in [2.05, 4.69) is 16.0 Å². The molecule has 0 radical (unpaired) electrons. The maximum absolute atomic E-state index is 13.6. The molecule has 6 amide bonds. The van der Waals surface area contributed by atoms with Crippen LogP contribution in [0.15, 0.2) is 0 Å². The highest BCUT2D eigenvalue weighted by molar-refractivity contribution is 5.97. The van der Waals surface area contributed by atoms with Crippen LogP contribution in [0.4, 0.5) is 0 Å². The largest absolute Gasteiger partial charge is 0.480 e. The lowest BCUT2D eigenvalue weighted by Gasteiger charge is -2.31. The van der Waals surface area contributed by atoms with Crippen molar-refractivity contribution in [2.75, 3.05) is 13.1 Å². The number of primary amides is 1. The van der Waals surface area contributed by atoms with Gasteiger partial charge in [0.25, 0.3) is 0 Å². The van der Waals surface area contributed by atoms with Gasteiger partial charge in [-0.15, -0.1) is 0 Å². The number of carboxylic acids is 1. The third-order valence-corrected chi connectivity index (χ3v) is 7.25. The quantitative estimate of drug-likeness (QED) is 0.0842. The Bertz CT molecular complexity index is 1040. The number of hydrogen-bond acceptors (Lipinski definition) is 9. The van der Waals surface area contributed by atoms with Gasteiger partial charge in [0.15, 0.2) is 6.04 Å². The van der Waals surface area contributed by atoms with Gasteiger partial charge in [-0.1, -0.05) is 34.1 Å². The molecule has 1 aliphatic heterocycles. The van der Waals surface area contributed by atoms with E-state index in [1.54, 1.807) is 0 Å². The van der Waals surface area contributed by atoms with Gasteiger partial charge in [0.2, 0.25) is 35.4 Å². The van der Waals surface area contributed by atoms with Gasteiger partial charge in [-0.3, -0.25) is 28.8 Å². The van der Waals surface area contributed by atoms with Crippen LogP contribution >= 0.6 is 0 Å². The molecule has 1 rings (SSSR count). The summed E-state index contributed by atoms with van der Waals surface area (Å²) in [4.78, 5) is 88.7. The average molecular weight is 614 g/mol. The Kier molecular flexibility index (Phi) is 15.0. The fraction of sp³-hybridized carbons (Fsp3) is 0.741. The fourth-order valence-electron chi connectivity index (χ4n) is 4.56. The Hall–Kier alpha value is -3.79. The summed E-state index contributed by atoms with van der Waals surface area (Å²) in [6, 6.07) is -5.87. The third kappa shape index (κ3) is 11.8. The van der Waals surface area contributed by atoms with E-state index in [1.165, 1.54) is 4.90 Å². The topological polar surface area (TPSA) is 263 Å². The van der Waals surface area contributed by atoms with Crippen molar-refractivity contribution in [1.29, 1.82) is 0 Å². The van der Waals surface area contributed by atoms with Gasteiger partial charge in [-0.05, 0) is 38.0 Å². The average Bonchev–Trinajstić information content (AvgIpc) is 3.41. The van der Waals surface area contributed by atoms with Gasteiger partial charge in [0.1, 0.15) is 18.1 Å². The van der Waals surface area contributed by atoms with Gasteiger partial charge in [-0.2, -0.15) is 0 Å². The van der Waals surface area contributed by atoms with Crippen molar-refractivity contribution in [3.05, 3.63) is 0 Å². The van der Waals surface area contributed by atoms with Gasteiger partial charge >= 0.3 is 5.97 Å². The van der Waals surface area contributed by atoms with E-state index in [0.717, 1.165) is 6.92 Å². The number of hydrogen-bond donors (Lipinski definition) is 8. The minimum atomic E-state index is -1.62. The zero-order valence-corrected chi connectivity index (χ0v) is 25.4. The molecule has 0 aromatic carbocycles. The number of likely N-dealkylation sites (tertiary alicyclic amines) is 1. The van der Waals surface area contributed by atoms with Gasteiger partial charge in [0.05, 0.1) is 25.1 Å². The monoisotopic (exact) mass is 613 g/mol. The molecule has 16 nitrogen and oxygen atoms in total. The molecule has 7 atom stereocenters. The second kappa shape index (κ2) is 17.4. The summed E-state index contributed by atoms with van der Waals surface area (Å²) in [5, 5.41) is 28.0. The second-order valence-electron chi connectivity index (χ2n) is 11.4. The fourth-order valence-corrected chi connectivity index (χ4v) is 4.56. The molecule has 10 N–H and O–H groups in total. The van der Waals surface area contributed by atoms with E-state index in [9.17, 15) is 38.7 Å². The predicted octanol–water partition coefficient (Wildman–Crippen LogP) is -2.69. The first-order valence-electron chi connectivity index (χ1n) is 14.4. The molecular weight excluding hydrogens is 566 g/mol. The first kappa shape index (κ1) is 37.2. The van der Waals surface area contributed by atoms with Crippen LogP contribution in [0.2, 0.25) is 0 Å². The molecular formula is C27H47N7O9. The Morgan fingerprint density at radius 1 is 0.953 bits per heavy atom. The summed E-state index contributed by atoms with van der Waals surface area (Å²) < 4.78 is 0. The van der Waals surface area contributed by atoms with E-state index in [1.807, 2.05) is 33.0 Å². The van der Waals surface area contributed by atoms with E-state index < -0.39 is 90.7 Å². The van der Waals surface area contributed by atoms with Crippen LogP contribution in [0.25, 0.3) is 0 Å². The van der Waals surface area contributed by atoms with Crippen LogP contribution in [0.5, 0.6) is 0 Å². The molecule has 1 heterocycles. The number of nitrogens with two attached hydrogens (primary N) is 2. The second-order valence-corrected chi connectivity index (χ2v) is 11.4. The molecule has 1 saturated heterocycles. The highest BCUT2D eigenvalue weighted by Crippen LogP contribution is 2.21. The Morgan fingerprint density at radius 2 is 1.58 bits per heavy atom. The first-order valence-corrected chi connectivity index (χ1v) is 14.4. The number of rotatable bonds is 17. The minimum absolute atomic E-state index is 0.0242. The lowest BCUT2D eigenvalue weighted by Crippen LogP contribution is -2.58. The molecule has 0 unspecified atom stereocenters. The lowest BCUT2D eigenvalue weighted by atomic mass is 9.97. The smallest absolute Gasteiger partial charge is 0.328 e. The molecule has 1 aliphatic rings. The summed E-state index contributed by atoms with van der Waals surface area (Å²) in [7, 11) is 0. The van der Waals surface area contributed by atoms with Crippen LogP contribution in [-0.2, 0) is 33.6 Å². The molecule has 16 heteroatoms. The van der Waals surface area contributed by atoms with E-state index in [0.29, 0.717) is 19.3 Å². The number of nitrogens with one attached hydrogen (secondary N) is 4. The van der Waals surface area contributed by atoms with Crippen LogP contribution in [0.3, 0.4) is 0 Å². The molecule has 0 spiro atoms. The minimum Gasteiger partial charge on any atom is -0.480 e. The van der Waals surface area contributed by atoms with Crippen LogP contribution < -0.4 is 32.7 Å². The summed E-state index contributed by atoms with van der Waals surface area (Å²) in [6.07, 6.45) is -0.336. The Labute approximate surface area is 251 Å². The zero-order chi connectivity index (χ0) is 33.0. The van der Waals surface area contributed by atoms with Crippen molar-refractivity contribution in [2.45, 2.75) is 103 Å². The summed E-state index contributed by atoms with van der Waals surface area (Å²) in [5.41, 5.74) is 11.3. The normalized spacial score (nSPS) is 18.9.